The number of benzene rings is 10. The number of rotatable bonds is 16. The lowest BCUT2D eigenvalue weighted by Gasteiger charge is -2.07. The van der Waals surface area contributed by atoms with Crippen molar-refractivity contribution in [3.63, 3.8) is 0 Å². The van der Waals surface area contributed by atoms with Crippen LogP contribution in [0.15, 0.2) is 243 Å². The third kappa shape index (κ3) is 20.5. The summed E-state index contributed by atoms with van der Waals surface area (Å²) in [7, 11) is 5.15. The first kappa shape index (κ1) is 72.0. The van der Waals surface area contributed by atoms with Gasteiger partial charge in [-0.05, 0) is 159 Å². The topological polar surface area (TPSA) is 318 Å². The predicted molar refractivity (Wildman–Crippen MR) is 351 cm³/mol. The molecule has 96 heavy (non-hydrogen) atoms. The van der Waals surface area contributed by atoms with Crippen LogP contribution in [0.5, 0.6) is 28.7 Å². The van der Waals surface area contributed by atoms with Crippen LogP contribution < -0.4 is 0 Å². The zero-order valence-electron chi connectivity index (χ0n) is 52.2. The molecule has 0 heterocycles. The zero-order valence-corrected chi connectivity index (χ0v) is 52.2. The average molecular weight is 1300 g/mol. The van der Waals surface area contributed by atoms with E-state index in [-0.39, 0.29) is 75.4 Å². The molecule has 0 fully saturated rings. The van der Waals surface area contributed by atoms with Crippen molar-refractivity contribution < 1.29 is 97.2 Å². The molecule has 10 aromatic carbocycles. The molecule has 10 aromatic rings. The van der Waals surface area contributed by atoms with Crippen molar-refractivity contribution in [1.82, 2.24) is 0 Å². The van der Waals surface area contributed by atoms with Crippen LogP contribution in [0.25, 0.3) is 0 Å². The Bertz CT molecular complexity index is 4400. The molecule has 0 aliphatic carbocycles. The van der Waals surface area contributed by atoms with Crippen molar-refractivity contribution in [1.29, 1.82) is 0 Å². The van der Waals surface area contributed by atoms with Crippen molar-refractivity contribution in [3.8, 4) is 28.7 Å². The van der Waals surface area contributed by atoms with E-state index in [2.05, 4.69) is 18.9 Å². The number of esters is 5. The second-order valence-corrected chi connectivity index (χ2v) is 19.9. The summed E-state index contributed by atoms with van der Waals surface area (Å²) in [6.45, 7) is 2.01. The van der Waals surface area contributed by atoms with Gasteiger partial charge in [0.05, 0.1) is 62.9 Å². The van der Waals surface area contributed by atoms with E-state index in [0.29, 0.717) is 72.3 Å². The molecule has 10 rings (SSSR count). The second kappa shape index (κ2) is 35.5. The summed E-state index contributed by atoms with van der Waals surface area (Å²) in [6.07, 6.45) is 0. The molecule has 0 atom stereocenters. The number of hydrogen-bond acceptors (Lipinski definition) is 20. The summed E-state index contributed by atoms with van der Waals surface area (Å²) >= 11 is 0. The Hall–Kier alpha value is -13.1. The lowest BCUT2D eigenvalue weighted by molar-refractivity contribution is 0.0523. The van der Waals surface area contributed by atoms with Crippen molar-refractivity contribution in [2.24, 2.45) is 0 Å². The van der Waals surface area contributed by atoms with Crippen LogP contribution in [-0.2, 0) is 23.7 Å². The lowest BCUT2D eigenvalue weighted by atomic mass is 9.98. The van der Waals surface area contributed by atoms with Gasteiger partial charge in [0.1, 0.15) is 28.7 Å². The highest BCUT2D eigenvalue weighted by Crippen LogP contribution is 2.22. The van der Waals surface area contributed by atoms with Crippen molar-refractivity contribution in [2.75, 3.05) is 35.0 Å². The third-order valence-corrected chi connectivity index (χ3v) is 13.5. The van der Waals surface area contributed by atoms with Crippen LogP contribution in [0.1, 0.15) is 138 Å². The Balaban J connectivity index is 0.000000190. The molecule has 5 N–H and O–H groups in total. The number of phenols is 5. The van der Waals surface area contributed by atoms with Gasteiger partial charge in [0.15, 0.2) is 28.9 Å². The maximum atomic E-state index is 12.3. The highest BCUT2D eigenvalue weighted by molar-refractivity contribution is 6.15. The molecule has 0 aromatic heterocycles. The Morgan fingerprint density at radius 1 is 0.240 bits per heavy atom. The lowest BCUT2D eigenvalue weighted by Crippen LogP contribution is -2.11. The molecular weight excluding hydrogens is 1230 g/mol. The summed E-state index contributed by atoms with van der Waals surface area (Å²) in [6, 6.07) is 61.5. The van der Waals surface area contributed by atoms with Gasteiger partial charge >= 0.3 is 29.8 Å². The molecule has 0 bridgehead atoms. The van der Waals surface area contributed by atoms with Crippen molar-refractivity contribution in [3.05, 3.63) is 326 Å². The fraction of sp³-hybridized carbons (Fsp3) is 0.0789. The highest BCUT2D eigenvalue weighted by atomic mass is 16.5. The quantitative estimate of drug-likeness (QED) is 0.0341. The van der Waals surface area contributed by atoms with Gasteiger partial charge in [-0.1, -0.05) is 91.0 Å². The molecule has 0 saturated carbocycles. The van der Waals surface area contributed by atoms with Crippen molar-refractivity contribution in [2.45, 2.75) is 6.92 Å². The van der Waals surface area contributed by atoms with E-state index >= 15 is 0 Å². The van der Waals surface area contributed by atoms with E-state index in [1.54, 1.807) is 140 Å². The molecule has 0 spiro atoms. The first-order chi connectivity index (χ1) is 46.1. The minimum absolute atomic E-state index is 0.0231. The van der Waals surface area contributed by atoms with Gasteiger partial charge in [-0.2, -0.15) is 0 Å². The number of carbonyl (C=O) groups is 10. The number of ketones is 5. The number of phenolic OH excluding ortho intramolecular Hbond substituents is 5. The number of methoxy groups -OCH3 is 4. The fourth-order valence-electron chi connectivity index (χ4n) is 8.58. The SMILES string of the molecule is CCOC(=O)c1cccc(C(=O)c2ccc(O)cc2)c1.COC(=O)c1ccc(C(=O)c2ccc(O)cc2)cc1.COC(=O)c1ccc(C(=O)c2cccc(O)c2)cc1.COC(=O)c1cccc(C(=O)c2cccc(O)c2)c1.COC(=O)c1ccccc1C(=O)c1ccc(O)cc1. The number of ether oxygens (including phenoxy) is 5. The molecule has 0 aliphatic rings. The third-order valence-electron chi connectivity index (χ3n) is 13.5. The predicted octanol–water partition coefficient (Wildman–Crippen LogP) is 12.4. The minimum atomic E-state index is -0.553. The first-order valence-electron chi connectivity index (χ1n) is 28.8. The van der Waals surface area contributed by atoms with Gasteiger partial charge in [0, 0.05) is 55.6 Å². The van der Waals surface area contributed by atoms with Gasteiger partial charge in [-0.25, -0.2) is 24.0 Å². The van der Waals surface area contributed by atoms with E-state index in [9.17, 15) is 73.5 Å². The van der Waals surface area contributed by atoms with Crippen molar-refractivity contribution >= 4 is 58.8 Å². The molecule has 0 saturated heterocycles. The van der Waals surface area contributed by atoms with Gasteiger partial charge in [-0.15, -0.1) is 0 Å². The van der Waals surface area contributed by atoms with Gasteiger partial charge in [-0.3, -0.25) is 24.0 Å². The molecule has 20 nitrogen and oxygen atoms in total. The standard InChI is InChI=1S/C16H14O4.4C15H12O4/c1-2-20-16(19)13-5-3-4-12(10-13)15(18)11-6-8-14(17)9-7-11;1-19-15(18)12-4-2-10(3-5-12)14(17)11-6-8-13(16)9-7-11;1-19-15(18)12-6-2-4-10(8-12)14(17)11-5-3-7-13(16)9-11;1-19-15(18)11-7-5-10(6-8-11)14(17)12-3-2-4-13(16)9-12;1-19-15(18)13-5-3-2-4-12(13)14(17)10-6-8-11(16)9-7-10/h3-10,17H,2H2,1H3;4*2-9,16H,1H3. The van der Waals surface area contributed by atoms with Crippen LogP contribution in [0.4, 0.5) is 0 Å². The molecule has 0 radical (unpaired) electrons. The number of hydrogen-bond donors (Lipinski definition) is 5. The van der Waals surface area contributed by atoms with E-state index in [4.69, 9.17) is 4.74 Å². The van der Waals surface area contributed by atoms with Crippen LogP contribution in [0, 0.1) is 0 Å². The van der Waals surface area contributed by atoms with E-state index < -0.39 is 29.8 Å². The van der Waals surface area contributed by atoms with E-state index in [1.165, 1.54) is 138 Å². The van der Waals surface area contributed by atoms with Gasteiger partial charge < -0.3 is 49.2 Å². The summed E-state index contributed by atoms with van der Waals surface area (Å²) in [5.41, 5.74) is 5.70. The normalized spacial score (nSPS) is 9.97. The van der Waals surface area contributed by atoms with Gasteiger partial charge in [0.25, 0.3) is 0 Å². The Labute approximate surface area is 550 Å². The zero-order chi connectivity index (χ0) is 69.8. The largest absolute Gasteiger partial charge is 0.508 e. The van der Waals surface area contributed by atoms with Crippen LogP contribution >= 0.6 is 0 Å². The van der Waals surface area contributed by atoms with Crippen LogP contribution in [0.2, 0.25) is 0 Å². The van der Waals surface area contributed by atoms with E-state index in [1.807, 2.05) is 0 Å². The molecule has 486 valence electrons. The van der Waals surface area contributed by atoms with Crippen LogP contribution in [0.3, 0.4) is 0 Å². The van der Waals surface area contributed by atoms with Crippen LogP contribution in [-0.4, -0.2) is 119 Å². The summed E-state index contributed by atoms with van der Waals surface area (Å²) in [5, 5.41) is 46.3. The molecule has 0 unspecified atom stereocenters. The minimum Gasteiger partial charge on any atom is -0.508 e. The Kier molecular flexibility index (Phi) is 26.6. The molecule has 20 heteroatoms. The van der Waals surface area contributed by atoms with Gasteiger partial charge in [0.2, 0.25) is 0 Å². The number of carbonyl (C=O) groups excluding carboxylic acids is 10. The molecule has 0 amide bonds. The Morgan fingerprint density at radius 3 is 0.844 bits per heavy atom. The van der Waals surface area contributed by atoms with E-state index in [0.717, 1.165) is 0 Å². The molecule has 0 aliphatic heterocycles. The summed E-state index contributed by atoms with van der Waals surface area (Å²) in [5.74, 6) is -3.19. The average Bonchev–Trinajstić information content (AvgIpc) is 0.934. The molecular formula is C76H62O20. The monoisotopic (exact) mass is 1290 g/mol. The summed E-state index contributed by atoms with van der Waals surface area (Å²) in [4.78, 5) is 118. The maximum Gasteiger partial charge on any atom is 0.338 e. The smallest absolute Gasteiger partial charge is 0.338 e. The fourth-order valence-corrected chi connectivity index (χ4v) is 8.58. The maximum absolute atomic E-state index is 12.3. The Morgan fingerprint density at radius 2 is 0.500 bits per heavy atom. The number of aromatic hydroxyl groups is 5. The summed E-state index contributed by atoms with van der Waals surface area (Å²) < 4.78 is 23.3. The highest BCUT2D eigenvalue weighted by Gasteiger charge is 2.20. The first-order valence-corrected chi connectivity index (χ1v) is 28.8. The second-order valence-electron chi connectivity index (χ2n) is 19.9.